The van der Waals surface area contributed by atoms with Gasteiger partial charge in [-0.05, 0) is 50.8 Å². The van der Waals surface area contributed by atoms with Gasteiger partial charge in [0.05, 0.1) is 17.7 Å². The Bertz CT molecular complexity index is 417. The van der Waals surface area contributed by atoms with Gasteiger partial charge in [0.25, 0.3) is 0 Å². The summed E-state index contributed by atoms with van der Waals surface area (Å²) in [7, 11) is 0. The summed E-state index contributed by atoms with van der Waals surface area (Å²) in [6.45, 7) is 6.89. The highest BCUT2D eigenvalue weighted by Crippen LogP contribution is 2.33. The van der Waals surface area contributed by atoms with E-state index >= 15 is 0 Å². The summed E-state index contributed by atoms with van der Waals surface area (Å²) in [6, 6.07) is 8.12. The highest BCUT2D eigenvalue weighted by molar-refractivity contribution is 5.31. The van der Waals surface area contributed by atoms with Gasteiger partial charge < -0.3 is 9.47 Å². The number of ether oxygens (including phenoxy) is 2. The van der Waals surface area contributed by atoms with E-state index in [0.717, 1.165) is 17.7 Å². The SMILES string of the molecule is CCOC(C)(CC)C(NN)c1ccc(OC2CC2)cc1. The Hall–Kier alpha value is -1.10. The van der Waals surface area contributed by atoms with E-state index in [9.17, 15) is 0 Å². The van der Waals surface area contributed by atoms with Gasteiger partial charge in [-0.15, -0.1) is 0 Å². The molecule has 1 aliphatic rings. The van der Waals surface area contributed by atoms with Crippen molar-refractivity contribution in [1.29, 1.82) is 0 Å². The number of hydrogen-bond donors (Lipinski definition) is 2. The summed E-state index contributed by atoms with van der Waals surface area (Å²) < 4.78 is 11.7. The summed E-state index contributed by atoms with van der Waals surface area (Å²) in [5.74, 6) is 6.70. The van der Waals surface area contributed by atoms with Gasteiger partial charge >= 0.3 is 0 Å². The molecule has 1 saturated carbocycles. The zero-order valence-electron chi connectivity index (χ0n) is 12.7. The van der Waals surface area contributed by atoms with Crippen LogP contribution in [0.25, 0.3) is 0 Å². The molecule has 0 aromatic heterocycles. The van der Waals surface area contributed by atoms with Gasteiger partial charge in [-0.1, -0.05) is 19.1 Å². The number of hydrazine groups is 1. The Balaban J connectivity index is 2.12. The van der Waals surface area contributed by atoms with Crippen LogP contribution in [-0.4, -0.2) is 18.3 Å². The molecular weight excluding hydrogens is 252 g/mol. The van der Waals surface area contributed by atoms with Crippen LogP contribution >= 0.6 is 0 Å². The van der Waals surface area contributed by atoms with Gasteiger partial charge in [0, 0.05) is 6.61 Å². The molecule has 0 heterocycles. The van der Waals surface area contributed by atoms with E-state index in [0.29, 0.717) is 12.7 Å². The summed E-state index contributed by atoms with van der Waals surface area (Å²) in [6.07, 6.45) is 3.66. The number of nitrogens with two attached hydrogens (primary N) is 1. The average molecular weight is 278 g/mol. The lowest BCUT2D eigenvalue weighted by Crippen LogP contribution is -2.46. The Morgan fingerprint density at radius 1 is 1.30 bits per heavy atom. The standard InChI is InChI=1S/C16H26N2O2/c1-4-16(3,19-5-2)15(18-17)12-6-8-13(9-7-12)20-14-10-11-14/h6-9,14-15,18H,4-5,10-11,17H2,1-3H3. The van der Waals surface area contributed by atoms with E-state index in [-0.39, 0.29) is 11.6 Å². The topological polar surface area (TPSA) is 56.5 Å². The van der Waals surface area contributed by atoms with Crippen LogP contribution in [0, 0.1) is 0 Å². The molecule has 20 heavy (non-hydrogen) atoms. The van der Waals surface area contributed by atoms with Crippen molar-refractivity contribution >= 4 is 0 Å². The van der Waals surface area contributed by atoms with Gasteiger partial charge in [0.2, 0.25) is 0 Å². The van der Waals surface area contributed by atoms with Crippen LogP contribution in [0.5, 0.6) is 5.75 Å². The second-order valence-electron chi connectivity index (χ2n) is 5.59. The zero-order valence-corrected chi connectivity index (χ0v) is 12.7. The zero-order chi connectivity index (χ0) is 14.6. The van der Waals surface area contributed by atoms with Gasteiger partial charge in [-0.2, -0.15) is 0 Å². The maximum absolute atomic E-state index is 5.92. The number of benzene rings is 1. The van der Waals surface area contributed by atoms with Crippen LogP contribution in [0.15, 0.2) is 24.3 Å². The fourth-order valence-corrected chi connectivity index (χ4v) is 2.46. The molecule has 4 heteroatoms. The molecule has 2 atom stereocenters. The largest absolute Gasteiger partial charge is 0.490 e. The van der Waals surface area contributed by atoms with E-state index < -0.39 is 0 Å². The van der Waals surface area contributed by atoms with Crippen molar-refractivity contribution in [2.75, 3.05) is 6.61 Å². The second kappa shape index (κ2) is 6.57. The van der Waals surface area contributed by atoms with Crippen molar-refractivity contribution in [3.8, 4) is 5.75 Å². The van der Waals surface area contributed by atoms with E-state index in [4.69, 9.17) is 15.3 Å². The molecule has 0 aliphatic heterocycles. The molecule has 0 radical (unpaired) electrons. The van der Waals surface area contributed by atoms with Crippen LogP contribution in [0.3, 0.4) is 0 Å². The molecule has 4 nitrogen and oxygen atoms in total. The van der Waals surface area contributed by atoms with Crippen molar-refractivity contribution in [2.24, 2.45) is 5.84 Å². The van der Waals surface area contributed by atoms with Crippen LogP contribution in [0.2, 0.25) is 0 Å². The fourth-order valence-electron chi connectivity index (χ4n) is 2.46. The predicted octanol–water partition coefficient (Wildman–Crippen LogP) is 2.94. The van der Waals surface area contributed by atoms with Crippen molar-refractivity contribution in [3.63, 3.8) is 0 Å². The minimum absolute atomic E-state index is 0.0394. The van der Waals surface area contributed by atoms with E-state index in [1.54, 1.807) is 0 Å². The summed E-state index contributed by atoms with van der Waals surface area (Å²) in [5.41, 5.74) is 3.70. The Morgan fingerprint density at radius 2 is 1.95 bits per heavy atom. The number of rotatable bonds is 8. The first-order valence-corrected chi connectivity index (χ1v) is 7.49. The van der Waals surface area contributed by atoms with Gasteiger partial charge in [-0.3, -0.25) is 11.3 Å². The summed E-state index contributed by atoms with van der Waals surface area (Å²) in [4.78, 5) is 0. The normalized spacial score (nSPS) is 19.4. The maximum atomic E-state index is 5.92. The quantitative estimate of drug-likeness (QED) is 0.567. The Labute approximate surface area is 121 Å². The third kappa shape index (κ3) is 3.51. The third-order valence-corrected chi connectivity index (χ3v) is 3.99. The second-order valence-corrected chi connectivity index (χ2v) is 5.59. The summed E-state index contributed by atoms with van der Waals surface area (Å²) in [5, 5.41) is 0. The molecular formula is C16H26N2O2. The van der Waals surface area contributed by atoms with E-state index in [1.165, 1.54) is 12.8 Å². The Kier molecular flexibility index (Phi) is 5.02. The average Bonchev–Trinajstić information content (AvgIpc) is 3.26. The molecule has 0 spiro atoms. The van der Waals surface area contributed by atoms with Gasteiger partial charge in [0.1, 0.15) is 5.75 Å². The maximum Gasteiger partial charge on any atom is 0.119 e. The predicted molar refractivity (Wildman–Crippen MR) is 80.5 cm³/mol. The molecule has 3 N–H and O–H groups in total. The van der Waals surface area contributed by atoms with Crippen molar-refractivity contribution in [1.82, 2.24) is 5.43 Å². The van der Waals surface area contributed by atoms with Crippen LogP contribution in [0.4, 0.5) is 0 Å². The first kappa shape index (κ1) is 15.3. The molecule has 2 rings (SSSR count). The van der Waals surface area contributed by atoms with Crippen molar-refractivity contribution in [3.05, 3.63) is 29.8 Å². The number of hydrogen-bond acceptors (Lipinski definition) is 4. The van der Waals surface area contributed by atoms with Gasteiger partial charge in [-0.25, -0.2) is 0 Å². The highest BCUT2D eigenvalue weighted by atomic mass is 16.5. The molecule has 1 aromatic carbocycles. The fraction of sp³-hybridized carbons (Fsp3) is 0.625. The molecule has 112 valence electrons. The lowest BCUT2D eigenvalue weighted by atomic mass is 9.88. The van der Waals surface area contributed by atoms with Crippen LogP contribution in [-0.2, 0) is 4.74 Å². The number of nitrogens with one attached hydrogen (secondary N) is 1. The lowest BCUT2D eigenvalue weighted by molar-refractivity contribution is -0.0564. The molecule has 1 fully saturated rings. The van der Waals surface area contributed by atoms with E-state index in [2.05, 4.69) is 31.4 Å². The molecule has 0 bridgehead atoms. The summed E-state index contributed by atoms with van der Waals surface area (Å²) >= 11 is 0. The van der Waals surface area contributed by atoms with Crippen LogP contribution in [0.1, 0.15) is 51.6 Å². The van der Waals surface area contributed by atoms with Gasteiger partial charge in [0.15, 0.2) is 0 Å². The molecule has 1 aromatic rings. The molecule has 0 amide bonds. The Morgan fingerprint density at radius 3 is 2.40 bits per heavy atom. The highest BCUT2D eigenvalue weighted by Gasteiger charge is 2.34. The van der Waals surface area contributed by atoms with Crippen molar-refractivity contribution < 1.29 is 9.47 Å². The van der Waals surface area contributed by atoms with Crippen molar-refractivity contribution in [2.45, 2.75) is 57.8 Å². The minimum Gasteiger partial charge on any atom is -0.490 e. The first-order chi connectivity index (χ1) is 9.62. The third-order valence-electron chi connectivity index (χ3n) is 3.99. The monoisotopic (exact) mass is 278 g/mol. The molecule has 2 unspecified atom stereocenters. The first-order valence-electron chi connectivity index (χ1n) is 7.49. The van der Waals surface area contributed by atoms with E-state index in [1.807, 2.05) is 19.1 Å². The molecule has 1 aliphatic carbocycles. The molecule has 0 saturated heterocycles. The van der Waals surface area contributed by atoms with Crippen LogP contribution < -0.4 is 16.0 Å². The minimum atomic E-state index is -0.317. The lowest BCUT2D eigenvalue weighted by Gasteiger charge is -2.36. The smallest absolute Gasteiger partial charge is 0.119 e.